The number of amides is 2. The van der Waals surface area contributed by atoms with Crippen molar-refractivity contribution in [1.82, 2.24) is 4.90 Å². The van der Waals surface area contributed by atoms with E-state index < -0.39 is 5.91 Å². The van der Waals surface area contributed by atoms with E-state index in [9.17, 15) is 9.59 Å². The van der Waals surface area contributed by atoms with Crippen LogP contribution >= 0.6 is 11.8 Å². The molecule has 21 heavy (non-hydrogen) atoms. The Bertz CT molecular complexity index is 522. The van der Waals surface area contributed by atoms with Crippen LogP contribution in [0.3, 0.4) is 0 Å². The molecule has 1 aromatic rings. The number of benzene rings is 1. The van der Waals surface area contributed by atoms with E-state index in [0.29, 0.717) is 5.75 Å². The molecular formula is C15H18N2O3S. The normalized spacial score (nSPS) is 15.1. The highest BCUT2D eigenvalue weighted by Gasteiger charge is 2.13. The van der Waals surface area contributed by atoms with Gasteiger partial charge in [-0.3, -0.25) is 9.59 Å². The molecule has 1 aliphatic heterocycles. The molecule has 1 saturated heterocycles. The van der Waals surface area contributed by atoms with Gasteiger partial charge in [0.15, 0.2) is 6.61 Å². The Morgan fingerprint density at radius 3 is 2.52 bits per heavy atom. The predicted octanol–water partition coefficient (Wildman–Crippen LogP) is 1.14. The van der Waals surface area contributed by atoms with Gasteiger partial charge in [-0.1, -0.05) is 12.1 Å². The monoisotopic (exact) mass is 306 g/mol. The van der Waals surface area contributed by atoms with E-state index in [4.69, 9.17) is 10.5 Å². The average Bonchev–Trinajstić information content (AvgIpc) is 2.52. The fourth-order valence-electron chi connectivity index (χ4n) is 1.89. The lowest BCUT2D eigenvalue weighted by Gasteiger charge is -2.25. The number of thioether (sulfide) groups is 1. The second-order valence-electron chi connectivity index (χ2n) is 4.60. The Balaban J connectivity index is 1.88. The molecule has 2 amide bonds. The third kappa shape index (κ3) is 5.15. The molecule has 1 heterocycles. The summed E-state index contributed by atoms with van der Waals surface area (Å²) < 4.78 is 5.17. The molecule has 0 atom stereocenters. The maximum absolute atomic E-state index is 12.0. The van der Waals surface area contributed by atoms with E-state index in [1.165, 1.54) is 0 Å². The van der Waals surface area contributed by atoms with Gasteiger partial charge in [0.2, 0.25) is 5.91 Å². The van der Waals surface area contributed by atoms with Crippen LogP contribution in [0.1, 0.15) is 5.56 Å². The van der Waals surface area contributed by atoms with Crippen LogP contribution in [0.4, 0.5) is 0 Å². The molecule has 0 unspecified atom stereocenters. The molecule has 2 N–H and O–H groups in total. The first kappa shape index (κ1) is 15.4. The lowest BCUT2D eigenvalue weighted by Crippen LogP contribution is -2.36. The summed E-state index contributed by atoms with van der Waals surface area (Å²) in [5.74, 6) is 2.12. The van der Waals surface area contributed by atoms with Crippen LogP contribution in [0, 0.1) is 0 Å². The highest BCUT2D eigenvalue weighted by Crippen LogP contribution is 2.14. The van der Waals surface area contributed by atoms with Crippen LogP contribution in [0.2, 0.25) is 0 Å². The first-order chi connectivity index (χ1) is 10.1. The summed E-state index contributed by atoms with van der Waals surface area (Å²) in [6, 6.07) is 7.13. The summed E-state index contributed by atoms with van der Waals surface area (Å²) in [6.45, 7) is 1.49. The first-order valence-electron chi connectivity index (χ1n) is 6.71. The lowest BCUT2D eigenvalue weighted by molar-refractivity contribution is -0.125. The molecule has 0 radical (unpaired) electrons. The molecule has 0 aliphatic carbocycles. The number of rotatable bonds is 5. The van der Waals surface area contributed by atoms with Crippen LogP contribution < -0.4 is 10.5 Å². The number of hydrogen-bond acceptors (Lipinski definition) is 4. The van der Waals surface area contributed by atoms with Crippen molar-refractivity contribution in [3.8, 4) is 5.75 Å². The number of nitrogens with two attached hydrogens (primary N) is 1. The summed E-state index contributed by atoms with van der Waals surface area (Å²) in [5.41, 5.74) is 5.91. The van der Waals surface area contributed by atoms with Gasteiger partial charge in [0, 0.05) is 30.7 Å². The highest BCUT2D eigenvalue weighted by molar-refractivity contribution is 7.99. The standard InChI is InChI=1S/C15H18N2O3S/c16-14(18)11-20-13-4-1-12(2-5-13)3-6-15(19)17-7-9-21-10-8-17/h1-6H,7-11H2,(H2,16,18)/b6-3+. The van der Waals surface area contributed by atoms with Crippen LogP contribution in [0.15, 0.2) is 30.3 Å². The zero-order chi connectivity index (χ0) is 15.1. The van der Waals surface area contributed by atoms with Crippen molar-refractivity contribution in [2.45, 2.75) is 0 Å². The van der Waals surface area contributed by atoms with E-state index >= 15 is 0 Å². The summed E-state index contributed by atoms with van der Waals surface area (Å²) in [5, 5.41) is 0. The first-order valence-corrected chi connectivity index (χ1v) is 7.86. The number of primary amides is 1. The highest BCUT2D eigenvalue weighted by atomic mass is 32.2. The molecule has 0 aromatic heterocycles. The van der Waals surface area contributed by atoms with Gasteiger partial charge < -0.3 is 15.4 Å². The molecule has 1 fully saturated rings. The van der Waals surface area contributed by atoms with Crippen molar-refractivity contribution in [3.63, 3.8) is 0 Å². The van der Waals surface area contributed by atoms with Gasteiger partial charge >= 0.3 is 0 Å². The third-order valence-corrected chi connectivity index (χ3v) is 3.94. The van der Waals surface area contributed by atoms with Gasteiger partial charge in [-0.15, -0.1) is 0 Å². The minimum absolute atomic E-state index is 0.0457. The number of carbonyl (C=O) groups excluding carboxylic acids is 2. The Morgan fingerprint density at radius 2 is 1.90 bits per heavy atom. The minimum atomic E-state index is -0.510. The van der Waals surface area contributed by atoms with Gasteiger partial charge in [0.05, 0.1) is 0 Å². The van der Waals surface area contributed by atoms with Gasteiger partial charge in [-0.05, 0) is 23.8 Å². The van der Waals surface area contributed by atoms with Crippen molar-refractivity contribution < 1.29 is 14.3 Å². The van der Waals surface area contributed by atoms with Gasteiger partial charge in [-0.2, -0.15) is 11.8 Å². The largest absolute Gasteiger partial charge is 0.484 e. The maximum atomic E-state index is 12.0. The molecule has 5 nitrogen and oxygen atoms in total. The molecule has 2 rings (SSSR count). The van der Waals surface area contributed by atoms with Crippen molar-refractivity contribution >= 4 is 29.7 Å². The molecule has 112 valence electrons. The van der Waals surface area contributed by atoms with Gasteiger partial charge in [0.25, 0.3) is 5.91 Å². The van der Waals surface area contributed by atoms with E-state index in [2.05, 4.69) is 0 Å². The molecule has 0 bridgehead atoms. The number of carbonyl (C=O) groups is 2. The lowest BCUT2D eigenvalue weighted by atomic mass is 10.2. The summed E-state index contributed by atoms with van der Waals surface area (Å²) in [4.78, 5) is 24.4. The maximum Gasteiger partial charge on any atom is 0.255 e. The van der Waals surface area contributed by atoms with Crippen LogP contribution in [0.5, 0.6) is 5.75 Å². The van der Waals surface area contributed by atoms with E-state index in [1.807, 2.05) is 28.8 Å². The van der Waals surface area contributed by atoms with Crippen LogP contribution in [-0.2, 0) is 9.59 Å². The fourth-order valence-corrected chi connectivity index (χ4v) is 2.79. The Morgan fingerprint density at radius 1 is 1.24 bits per heavy atom. The molecular weight excluding hydrogens is 288 g/mol. The summed E-state index contributed by atoms with van der Waals surface area (Å²) in [7, 11) is 0. The SMILES string of the molecule is NC(=O)COc1ccc(/C=C/C(=O)N2CCSCC2)cc1. The number of ether oxygens (including phenoxy) is 1. The van der Waals surface area contributed by atoms with Gasteiger partial charge in [0.1, 0.15) is 5.75 Å². The molecule has 1 aromatic carbocycles. The van der Waals surface area contributed by atoms with Gasteiger partial charge in [-0.25, -0.2) is 0 Å². The zero-order valence-electron chi connectivity index (χ0n) is 11.7. The van der Waals surface area contributed by atoms with Crippen LogP contribution in [-0.4, -0.2) is 47.9 Å². The topological polar surface area (TPSA) is 72.6 Å². The Kier molecular flexibility index (Phi) is 5.68. The zero-order valence-corrected chi connectivity index (χ0v) is 12.5. The molecule has 6 heteroatoms. The quantitative estimate of drug-likeness (QED) is 0.828. The van der Waals surface area contributed by atoms with Crippen molar-refractivity contribution in [3.05, 3.63) is 35.9 Å². The smallest absolute Gasteiger partial charge is 0.255 e. The second kappa shape index (κ2) is 7.73. The summed E-state index contributed by atoms with van der Waals surface area (Å²) in [6.07, 6.45) is 3.37. The number of nitrogens with zero attached hydrogens (tertiary/aromatic N) is 1. The minimum Gasteiger partial charge on any atom is -0.484 e. The van der Waals surface area contributed by atoms with Crippen molar-refractivity contribution in [1.29, 1.82) is 0 Å². The fraction of sp³-hybridized carbons (Fsp3) is 0.333. The van der Waals surface area contributed by atoms with Crippen LogP contribution in [0.25, 0.3) is 6.08 Å². The molecule has 1 aliphatic rings. The average molecular weight is 306 g/mol. The van der Waals surface area contributed by atoms with Crippen molar-refractivity contribution in [2.75, 3.05) is 31.2 Å². The molecule has 0 saturated carbocycles. The predicted molar refractivity (Wildman–Crippen MR) is 84.1 cm³/mol. The Hall–Kier alpha value is -1.95. The third-order valence-electron chi connectivity index (χ3n) is 3.00. The van der Waals surface area contributed by atoms with E-state index in [1.54, 1.807) is 24.3 Å². The summed E-state index contributed by atoms with van der Waals surface area (Å²) >= 11 is 1.87. The van der Waals surface area contributed by atoms with E-state index in [-0.39, 0.29) is 12.5 Å². The second-order valence-corrected chi connectivity index (χ2v) is 5.82. The Labute approximate surface area is 128 Å². The number of hydrogen-bond donors (Lipinski definition) is 1. The van der Waals surface area contributed by atoms with Crippen molar-refractivity contribution in [2.24, 2.45) is 5.73 Å². The van der Waals surface area contributed by atoms with E-state index in [0.717, 1.165) is 30.2 Å². The molecule has 0 spiro atoms.